The van der Waals surface area contributed by atoms with E-state index in [0.717, 1.165) is 23.3 Å². The van der Waals surface area contributed by atoms with Gasteiger partial charge in [0.2, 0.25) is 0 Å². The van der Waals surface area contributed by atoms with Gasteiger partial charge in [0.1, 0.15) is 0 Å². The number of hydrogen-bond donors (Lipinski definition) is 1. The molecule has 0 aromatic heterocycles. The van der Waals surface area contributed by atoms with Gasteiger partial charge in [-0.2, -0.15) is 13.2 Å². The highest BCUT2D eigenvalue weighted by atomic mass is 19.4. The summed E-state index contributed by atoms with van der Waals surface area (Å²) in [5, 5.41) is 8.89. The van der Waals surface area contributed by atoms with Crippen molar-refractivity contribution >= 4 is 5.97 Å². The van der Waals surface area contributed by atoms with Gasteiger partial charge in [-0.15, -0.1) is 0 Å². The average Bonchev–Trinajstić information content (AvgIpc) is 2.48. The Morgan fingerprint density at radius 1 is 1.00 bits per heavy atom. The molecule has 2 rings (SSSR count). The second-order valence-electron chi connectivity index (χ2n) is 5.01. The van der Waals surface area contributed by atoms with Gasteiger partial charge in [0.25, 0.3) is 0 Å². The maximum Gasteiger partial charge on any atom is 0.416 e. The lowest BCUT2D eigenvalue weighted by Gasteiger charge is -2.17. The zero-order chi connectivity index (χ0) is 16.3. The molecule has 0 saturated carbocycles. The molecule has 116 valence electrons. The molecule has 0 saturated heterocycles. The molecule has 0 bridgehead atoms. The van der Waals surface area contributed by atoms with Crippen molar-refractivity contribution < 1.29 is 23.1 Å². The fraction of sp³-hybridized carbons (Fsp3) is 0.235. The van der Waals surface area contributed by atoms with E-state index in [-0.39, 0.29) is 11.5 Å². The lowest BCUT2D eigenvalue weighted by Crippen LogP contribution is -2.06. The van der Waals surface area contributed by atoms with Gasteiger partial charge in [-0.25, -0.2) is 4.79 Å². The number of carbonyl (C=O) groups is 1. The van der Waals surface area contributed by atoms with Gasteiger partial charge in [-0.05, 0) is 41.8 Å². The minimum atomic E-state index is -4.34. The van der Waals surface area contributed by atoms with Crippen molar-refractivity contribution in [2.24, 2.45) is 0 Å². The van der Waals surface area contributed by atoms with Crippen LogP contribution in [0.4, 0.5) is 13.2 Å². The Balaban J connectivity index is 2.29. The van der Waals surface area contributed by atoms with E-state index in [9.17, 15) is 18.0 Å². The van der Waals surface area contributed by atoms with Crippen LogP contribution in [0.5, 0.6) is 0 Å². The Morgan fingerprint density at radius 3 is 1.82 bits per heavy atom. The molecule has 0 aliphatic carbocycles. The Kier molecular flexibility index (Phi) is 4.54. The second-order valence-corrected chi connectivity index (χ2v) is 5.01. The number of hydrogen-bond acceptors (Lipinski definition) is 1. The maximum absolute atomic E-state index is 12.6. The number of rotatable bonds is 4. The fourth-order valence-electron chi connectivity index (χ4n) is 2.43. The molecule has 1 N–H and O–H groups in total. The summed E-state index contributed by atoms with van der Waals surface area (Å²) >= 11 is 0. The van der Waals surface area contributed by atoms with Gasteiger partial charge < -0.3 is 5.11 Å². The minimum Gasteiger partial charge on any atom is -0.478 e. The Bertz CT molecular complexity index is 643. The first-order valence-electron chi connectivity index (χ1n) is 6.83. The highest BCUT2D eigenvalue weighted by Crippen LogP contribution is 2.32. The third kappa shape index (κ3) is 3.47. The van der Waals surface area contributed by atoms with Gasteiger partial charge in [0, 0.05) is 5.92 Å². The minimum absolute atomic E-state index is 0.0647. The van der Waals surface area contributed by atoms with Crippen LogP contribution in [0.1, 0.15) is 46.3 Å². The number of benzene rings is 2. The molecule has 2 nitrogen and oxygen atoms in total. The fourth-order valence-corrected chi connectivity index (χ4v) is 2.43. The van der Waals surface area contributed by atoms with E-state index in [4.69, 9.17) is 5.11 Å². The van der Waals surface area contributed by atoms with Crippen molar-refractivity contribution in [2.75, 3.05) is 0 Å². The number of aromatic carboxylic acids is 1. The third-order valence-electron chi connectivity index (χ3n) is 3.61. The molecular formula is C17H15F3O2. The van der Waals surface area contributed by atoms with E-state index in [1.165, 1.54) is 24.3 Å². The van der Waals surface area contributed by atoms with E-state index in [1.807, 2.05) is 6.92 Å². The second kappa shape index (κ2) is 6.22. The maximum atomic E-state index is 12.6. The van der Waals surface area contributed by atoms with E-state index < -0.39 is 17.7 Å². The number of carboxylic acid groups (broad SMARTS) is 1. The summed E-state index contributed by atoms with van der Waals surface area (Å²) in [6.45, 7) is 1.94. The summed E-state index contributed by atoms with van der Waals surface area (Å²) in [6.07, 6.45) is -3.64. The molecule has 1 unspecified atom stereocenters. The predicted molar refractivity (Wildman–Crippen MR) is 77.0 cm³/mol. The zero-order valence-corrected chi connectivity index (χ0v) is 11.9. The first-order valence-corrected chi connectivity index (χ1v) is 6.83. The van der Waals surface area contributed by atoms with Crippen LogP contribution >= 0.6 is 0 Å². The zero-order valence-electron chi connectivity index (χ0n) is 11.9. The SMILES string of the molecule is CCC(c1ccc(C(=O)O)cc1)c1ccc(C(F)(F)F)cc1. The quantitative estimate of drug-likeness (QED) is 0.868. The first-order chi connectivity index (χ1) is 10.3. The molecule has 1 atom stereocenters. The van der Waals surface area contributed by atoms with E-state index >= 15 is 0 Å². The standard InChI is InChI=1S/C17H15F3O2/c1-2-15(11-3-5-13(6-4-11)16(21)22)12-7-9-14(10-8-12)17(18,19)20/h3-10,15H,2H2,1H3,(H,21,22). The molecule has 5 heteroatoms. The molecule has 0 aliphatic heterocycles. The van der Waals surface area contributed by atoms with Crippen LogP contribution < -0.4 is 0 Å². The van der Waals surface area contributed by atoms with Crippen LogP contribution in [0.3, 0.4) is 0 Å². The molecule has 0 amide bonds. The summed E-state index contributed by atoms with van der Waals surface area (Å²) < 4.78 is 37.8. The highest BCUT2D eigenvalue weighted by molar-refractivity contribution is 5.87. The van der Waals surface area contributed by atoms with Crippen LogP contribution in [0.25, 0.3) is 0 Å². The molecular weight excluding hydrogens is 293 g/mol. The van der Waals surface area contributed by atoms with Crippen molar-refractivity contribution in [1.82, 2.24) is 0 Å². The van der Waals surface area contributed by atoms with Crippen LogP contribution in [-0.2, 0) is 6.18 Å². The lowest BCUT2D eigenvalue weighted by atomic mass is 9.88. The van der Waals surface area contributed by atoms with Gasteiger partial charge >= 0.3 is 12.1 Å². The van der Waals surface area contributed by atoms with Crippen molar-refractivity contribution in [3.8, 4) is 0 Å². The van der Waals surface area contributed by atoms with E-state index in [2.05, 4.69) is 0 Å². The highest BCUT2D eigenvalue weighted by Gasteiger charge is 2.30. The molecule has 22 heavy (non-hydrogen) atoms. The smallest absolute Gasteiger partial charge is 0.416 e. The van der Waals surface area contributed by atoms with Crippen LogP contribution in [0.15, 0.2) is 48.5 Å². The number of carboxylic acids is 1. The largest absolute Gasteiger partial charge is 0.478 e. The monoisotopic (exact) mass is 308 g/mol. The average molecular weight is 308 g/mol. The predicted octanol–water partition coefficient (Wildman–Crippen LogP) is 4.95. The van der Waals surface area contributed by atoms with Crippen molar-refractivity contribution in [1.29, 1.82) is 0 Å². The van der Waals surface area contributed by atoms with Crippen molar-refractivity contribution in [3.05, 3.63) is 70.8 Å². The summed E-state index contributed by atoms with van der Waals surface area (Å²) in [7, 11) is 0. The van der Waals surface area contributed by atoms with Gasteiger partial charge in [-0.3, -0.25) is 0 Å². The summed E-state index contributed by atoms with van der Waals surface area (Å²) in [6, 6.07) is 11.5. The lowest BCUT2D eigenvalue weighted by molar-refractivity contribution is -0.137. The Morgan fingerprint density at radius 2 is 1.45 bits per heavy atom. The van der Waals surface area contributed by atoms with E-state index in [0.29, 0.717) is 6.42 Å². The van der Waals surface area contributed by atoms with Gasteiger partial charge in [0.15, 0.2) is 0 Å². The molecule has 0 spiro atoms. The summed E-state index contributed by atoms with van der Waals surface area (Å²) in [5.41, 5.74) is 1.17. The molecule has 2 aromatic carbocycles. The number of alkyl halides is 3. The van der Waals surface area contributed by atoms with Crippen molar-refractivity contribution in [3.63, 3.8) is 0 Å². The molecule has 0 aliphatic rings. The van der Waals surface area contributed by atoms with E-state index in [1.54, 1.807) is 12.1 Å². The van der Waals surface area contributed by atoms with Crippen LogP contribution in [0, 0.1) is 0 Å². The van der Waals surface area contributed by atoms with Crippen LogP contribution in [-0.4, -0.2) is 11.1 Å². The molecule has 2 aromatic rings. The number of halogens is 3. The van der Waals surface area contributed by atoms with Gasteiger partial charge in [-0.1, -0.05) is 31.2 Å². The summed E-state index contributed by atoms with van der Waals surface area (Å²) in [5.74, 6) is -1.07. The Hall–Kier alpha value is -2.30. The normalized spacial score (nSPS) is 12.9. The van der Waals surface area contributed by atoms with Gasteiger partial charge in [0.05, 0.1) is 11.1 Å². The third-order valence-corrected chi connectivity index (χ3v) is 3.61. The Labute approximate surface area is 126 Å². The molecule has 0 heterocycles. The topological polar surface area (TPSA) is 37.3 Å². The molecule has 0 fully saturated rings. The van der Waals surface area contributed by atoms with Crippen LogP contribution in [0.2, 0.25) is 0 Å². The van der Waals surface area contributed by atoms with Crippen molar-refractivity contribution in [2.45, 2.75) is 25.4 Å². The first kappa shape index (κ1) is 16.1. The molecule has 0 radical (unpaired) electrons. The summed E-state index contributed by atoms with van der Waals surface area (Å²) in [4.78, 5) is 10.8.